The van der Waals surface area contributed by atoms with Crippen LogP contribution in [0.1, 0.15) is 21.5 Å². The van der Waals surface area contributed by atoms with E-state index in [-0.39, 0.29) is 5.70 Å². The molecule has 3 aromatic carbocycles. The maximum absolute atomic E-state index is 13.0. The second-order valence-electron chi connectivity index (χ2n) is 6.85. The van der Waals surface area contributed by atoms with E-state index >= 15 is 0 Å². The first-order valence-electron chi connectivity index (χ1n) is 10.00. The maximum Gasteiger partial charge on any atom is 0.287 e. The molecule has 174 valence electrons. The Balaban J connectivity index is 1.91. The van der Waals surface area contributed by atoms with E-state index in [0.29, 0.717) is 38.2 Å². The zero-order chi connectivity index (χ0) is 24.5. The zero-order valence-corrected chi connectivity index (χ0v) is 19.9. The number of nitrogens with zero attached hydrogens (tertiary/aromatic N) is 1. The van der Waals surface area contributed by atoms with Gasteiger partial charge in [-0.05, 0) is 48.5 Å². The molecule has 0 saturated carbocycles. The predicted octanol–water partition coefficient (Wildman–Crippen LogP) is 4.93. The van der Waals surface area contributed by atoms with Crippen molar-refractivity contribution in [1.29, 1.82) is 0 Å². The van der Waals surface area contributed by atoms with Gasteiger partial charge >= 0.3 is 0 Å². The van der Waals surface area contributed by atoms with Gasteiger partial charge in [-0.3, -0.25) is 9.59 Å². The van der Waals surface area contributed by atoms with Crippen LogP contribution in [-0.4, -0.2) is 32.2 Å². The highest BCUT2D eigenvalue weighted by molar-refractivity contribution is 6.36. The third-order valence-corrected chi connectivity index (χ3v) is 5.16. The van der Waals surface area contributed by atoms with Crippen LogP contribution in [0.2, 0.25) is 10.0 Å². The average Bonchev–Trinajstić information content (AvgIpc) is 2.85. The molecule has 0 atom stereocenters. The molecule has 2 amide bonds. The Hall–Kier alpha value is -3.81. The number of hydrazone groups is 1. The molecule has 0 aliphatic heterocycles. The Bertz CT molecular complexity index is 1240. The summed E-state index contributed by atoms with van der Waals surface area (Å²) < 4.78 is 10.6. The molecule has 3 aromatic rings. The second kappa shape index (κ2) is 11.9. The summed E-state index contributed by atoms with van der Waals surface area (Å²) in [5.74, 6) is -0.0859. The number of hydrogen-bond donors (Lipinski definition) is 2. The van der Waals surface area contributed by atoms with Crippen molar-refractivity contribution >= 4 is 47.3 Å². The predicted molar refractivity (Wildman–Crippen MR) is 134 cm³/mol. The summed E-state index contributed by atoms with van der Waals surface area (Å²) in [6.45, 7) is 0. The third kappa shape index (κ3) is 6.60. The largest absolute Gasteiger partial charge is 0.497 e. The van der Waals surface area contributed by atoms with E-state index in [0.717, 1.165) is 0 Å². The van der Waals surface area contributed by atoms with Crippen LogP contribution >= 0.6 is 23.2 Å². The SMILES string of the molecule is COc1ccc(OC)c(/C=C(\NC(=O)c2ccccc2)C(=O)N/N=C/c2ccc(Cl)cc2Cl)c1. The minimum Gasteiger partial charge on any atom is -0.497 e. The van der Waals surface area contributed by atoms with Gasteiger partial charge in [-0.25, -0.2) is 5.43 Å². The normalized spacial score (nSPS) is 11.2. The lowest BCUT2D eigenvalue weighted by Crippen LogP contribution is -2.32. The van der Waals surface area contributed by atoms with Crippen molar-refractivity contribution in [3.63, 3.8) is 0 Å². The first-order chi connectivity index (χ1) is 16.4. The Morgan fingerprint density at radius 1 is 0.912 bits per heavy atom. The summed E-state index contributed by atoms with van der Waals surface area (Å²) in [7, 11) is 3.03. The summed E-state index contributed by atoms with van der Waals surface area (Å²) >= 11 is 12.0. The molecule has 0 heterocycles. The van der Waals surface area contributed by atoms with Crippen molar-refractivity contribution in [3.8, 4) is 11.5 Å². The van der Waals surface area contributed by atoms with Gasteiger partial charge in [-0.15, -0.1) is 0 Å². The number of amides is 2. The number of nitrogens with one attached hydrogen (secondary N) is 2. The summed E-state index contributed by atoms with van der Waals surface area (Å²) in [4.78, 5) is 25.7. The number of carbonyl (C=O) groups excluding carboxylic acids is 2. The second-order valence-corrected chi connectivity index (χ2v) is 7.69. The van der Waals surface area contributed by atoms with Gasteiger partial charge in [-0.1, -0.05) is 47.5 Å². The molecule has 34 heavy (non-hydrogen) atoms. The Kier molecular flexibility index (Phi) is 8.67. The lowest BCUT2D eigenvalue weighted by molar-refractivity contribution is -0.117. The van der Waals surface area contributed by atoms with Crippen LogP contribution in [0.4, 0.5) is 0 Å². The lowest BCUT2D eigenvalue weighted by atomic mass is 10.1. The fourth-order valence-electron chi connectivity index (χ4n) is 2.88. The monoisotopic (exact) mass is 497 g/mol. The number of benzene rings is 3. The highest BCUT2D eigenvalue weighted by Crippen LogP contribution is 2.26. The van der Waals surface area contributed by atoms with E-state index in [1.165, 1.54) is 26.5 Å². The minimum absolute atomic E-state index is 0.0558. The van der Waals surface area contributed by atoms with Crippen molar-refractivity contribution in [2.24, 2.45) is 5.10 Å². The topological polar surface area (TPSA) is 89.0 Å². The molecule has 0 aromatic heterocycles. The summed E-state index contributed by atoms with van der Waals surface area (Å²) in [6, 6.07) is 18.5. The lowest BCUT2D eigenvalue weighted by Gasteiger charge is -2.12. The van der Waals surface area contributed by atoms with E-state index in [1.54, 1.807) is 66.7 Å². The quantitative estimate of drug-likeness (QED) is 0.262. The van der Waals surface area contributed by atoms with Crippen molar-refractivity contribution in [3.05, 3.63) is 99.2 Å². The van der Waals surface area contributed by atoms with Gasteiger partial charge in [0.2, 0.25) is 0 Å². The van der Waals surface area contributed by atoms with E-state index in [2.05, 4.69) is 15.8 Å². The summed E-state index contributed by atoms with van der Waals surface area (Å²) in [5, 5.41) is 7.44. The number of carbonyl (C=O) groups is 2. The first kappa shape index (κ1) is 24.8. The molecule has 0 bridgehead atoms. The van der Waals surface area contributed by atoms with E-state index in [1.807, 2.05) is 0 Å². The molecule has 0 aliphatic carbocycles. The highest BCUT2D eigenvalue weighted by Gasteiger charge is 2.16. The van der Waals surface area contributed by atoms with Gasteiger partial charge in [0.05, 0.1) is 25.5 Å². The Morgan fingerprint density at radius 3 is 2.35 bits per heavy atom. The molecule has 0 unspecified atom stereocenters. The van der Waals surface area contributed by atoms with Gasteiger partial charge in [0.15, 0.2) is 0 Å². The molecular formula is C25H21Cl2N3O4. The smallest absolute Gasteiger partial charge is 0.287 e. The molecule has 3 rings (SSSR count). The minimum atomic E-state index is -0.657. The average molecular weight is 498 g/mol. The van der Waals surface area contributed by atoms with Crippen LogP contribution in [0.25, 0.3) is 6.08 Å². The van der Waals surface area contributed by atoms with Crippen LogP contribution < -0.4 is 20.2 Å². The number of methoxy groups -OCH3 is 2. The first-order valence-corrected chi connectivity index (χ1v) is 10.8. The van der Waals surface area contributed by atoms with Crippen molar-refractivity contribution in [2.75, 3.05) is 14.2 Å². The van der Waals surface area contributed by atoms with Crippen LogP contribution in [0.5, 0.6) is 11.5 Å². The van der Waals surface area contributed by atoms with Gasteiger partial charge < -0.3 is 14.8 Å². The molecule has 0 spiro atoms. The number of halogens is 2. The van der Waals surface area contributed by atoms with Gasteiger partial charge in [-0.2, -0.15) is 5.10 Å². The third-order valence-electron chi connectivity index (χ3n) is 4.60. The Labute approximate surface area is 207 Å². The molecule has 0 aliphatic rings. The van der Waals surface area contributed by atoms with Gasteiger partial charge in [0, 0.05) is 21.7 Å². The molecule has 0 saturated heterocycles. The van der Waals surface area contributed by atoms with Crippen LogP contribution in [0.15, 0.2) is 77.5 Å². The zero-order valence-electron chi connectivity index (χ0n) is 18.3. The Morgan fingerprint density at radius 2 is 1.68 bits per heavy atom. The fourth-order valence-corrected chi connectivity index (χ4v) is 3.33. The number of ether oxygens (including phenoxy) is 2. The molecule has 2 N–H and O–H groups in total. The van der Waals surface area contributed by atoms with Crippen molar-refractivity contribution in [2.45, 2.75) is 0 Å². The number of hydrogen-bond acceptors (Lipinski definition) is 5. The summed E-state index contributed by atoms with van der Waals surface area (Å²) in [5.41, 5.74) is 3.80. The standard InChI is InChI=1S/C25H21Cl2N3O4/c1-33-20-10-11-23(34-2)18(12-20)13-22(29-24(31)16-6-4-3-5-7-16)25(32)30-28-15-17-8-9-19(26)14-21(17)27/h3-15H,1-2H3,(H,29,31)(H,30,32)/b22-13-,28-15+. The van der Waals surface area contributed by atoms with E-state index in [4.69, 9.17) is 32.7 Å². The molecule has 0 fully saturated rings. The maximum atomic E-state index is 13.0. The summed E-state index contributed by atoms with van der Waals surface area (Å²) in [6.07, 6.45) is 2.85. The van der Waals surface area contributed by atoms with Gasteiger partial charge in [0.25, 0.3) is 11.8 Å². The fraction of sp³-hybridized carbons (Fsp3) is 0.0800. The van der Waals surface area contributed by atoms with E-state index < -0.39 is 11.8 Å². The van der Waals surface area contributed by atoms with E-state index in [9.17, 15) is 9.59 Å². The van der Waals surface area contributed by atoms with Crippen LogP contribution in [0.3, 0.4) is 0 Å². The molecule has 9 heteroatoms. The molecule has 7 nitrogen and oxygen atoms in total. The van der Waals surface area contributed by atoms with Crippen LogP contribution in [0, 0.1) is 0 Å². The van der Waals surface area contributed by atoms with Crippen molar-refractivity contribution in [1.82, 2.24) is 10.7 Å². The highest BCUT2D eigenvalue weighted by atomic mass is 35.5. The van der Waals surface area contributed by atoms with Gasteiger partial charge in [0.1, 0.15) is 17.2 Å². The molecule has 0 radical (unpaired) electrons. The molecular weight excluding hydrogens is 477 g/mol. The van der Waals surface area contributed by atoms with Crippen molar-refractivity contribution < 1.29 is 19.1 Å². The number of rotatable bonds is 8. The van der Waals surface area contributed by atoms with Crippen LogP contribution in [-0.2, 0) is 4.79 Å².